The summed E-state index contributed by atoms with van der Waals surface area (Å²) in [5.74, 6) is -14.2. The largest absolute Gasteiger partial charge is 0.200 e. The van der Waals surface area contributed by atoms with Gasteiger partial charge in [0.2, 0.25) is 34.9 Å². The molecule has 0 amide bonds. The van der Waals surface area contributed by atoms with Crippen LogP contribution in [-0.4, -0.2) is 0 Å². The van der Waals surface area contributed by atoms with Crippen LogP contribution in [-0.2, 0) is 0 Å². The highest BCUT2D eigenvalue weighted by molar-refractivity contribution is 5.85. The molecule has 0 fully saturated rings. The molecule has 0 aromatic heterocycles. The molecule has 0 radical (unpaired) electrons. The first-order valence-corrected chi connectivity index (χ1v) is 2.63. The smallest absolute Gasteiger partial charge is 0.200 e. The maximum absolute atomic E-state index is 12.0. The van der Waals surface area contributed by atoms with Gasteiger partial charge in [-0.3, -0.25) is 0 Å². The molecule has 0 N–H and O–H groups in total. The van der Waals surface area contributed by atoms with E-state index in [9.17, 15) is 26.3 Å². The van der Waals surface area contributed by atoms with Gasteiger partial charge in [-0.05, 0) is 0 Å². The number of hydrogen-bond acceptors (Lipinski definition) is 0. The number of benzene rings is 1. The van der Waals surface area contributed by atoms with Gasteiger partial charge in [0, 0.05) is 0 Å². The van der Waals surface area contributed by atoms with Crippen molar-refractivity contribution in [3.63, 3.8) is 0 Å². The number of halogens is 7. The van der Waals surface area contributed by atoms with Crippen LogP contribution in [0.15, 0.2) is 0 Å². The maximum Gasteiger partial charge on any atom is 0.200 e. The third kappa shape index (κ3) is 1.72. The second kappa shape index (κ2) is 3.87. The average molecular weight is 223 g/mol. The minimum absolute atomic E-state index is 0. The quantitative estimate of drug-likeness (QED) is 0.360. The summed E-state index contributed by atoms with van der Waals surface area (Å²) < 4.78 is 72.2. The summed E-state index contributed by atoms with van der Waals surface area (Å²) >= 11 is 0. The first-order chi connectivity index (χ1) is 5.46. The Balaban J connectivity index is 0.00000144. The van der Waals surface area contributed by atoms with Crippen molar-refractivity contribution in [2.24, 2.45) is 0 Å². The lowest BCUT2D eigenvalue weighted by atomic mass is 10.3. The molecule has 0 atom stereocenters. The Labute approximate surface area is 74.6 Å². The minimum atomic E-state index is -2.37. The summed E-state index contributed by atoms with van der Waals surface area (Å²) in [6.45, 7) is 0. The molecule has 1 aromatic rings. The van der Waals surface area contributed by atoms with Crippen LogP contribution in [0.2, 0.25) is 0 Å². The monoisotopic (exact) mass is 222 g/mol. The molecule has 0 bridgehead atoms. The molecule has 0 aliphatic carbocycles. The Morgan fingerprint density at radius 3 is 0.538 bits per heavy atom. The SMILES string of the molecule is Cl.Fc1c(F)c(F)c(F)c(F)c1F. The average Bonchev–Trinajstić information content (AvgIpc) is 2.08. The molecule has 1 rings (SSSR count). The van der Waals surface area contributed by atoms with Gasteiger partial charge in [-0.2, -0.15) is 0 Å². The fraction of sp³-hybridized carbons (Fsp3) is 0. The number of hydrogen-bond donors (Lipinski definition) is 0. The van der Waals surface area contributed by atoms with E-state index in [-0.39, 0.29) is 12.4 Å². The molecule has 1 aromatic carbocycles. The molecule has 0 saturated heterocycles. The topological polar surface area (TPSA) is 0 Å². The summed E-state index contributed by atoms with van der Waals surface area (Å²) in [6, 6.07) is 0. The van der Waals surface area contributed by atoms with Crippen molar-refractivity contribution >= 4 is 12.4 Å². The van der Waals surface area contributed by atoms with Crippen molar-refractivity contribution in [2.75, 3.05) is 0 Å². The van der Waals surface area contributed by atoms with Crippen LogP contribution in [0.3, 0.4) is 0 Å². The van der Waals surface area contributed by atoms with Crippen molar-refractivity contribution in [3.05, 3.63) is 34.9 Å². The summed E-state index contributed by atoms with van der Waals surface area (Å²) in [4.78, 5) is 0. The van der Waals surface area contributed by atoms with Gasteiger partial charge in [0.25, 0.3) is 0 Å². The summed E-state index contributed by atoms with van der Waals surface area (Å²) in [5, 5.41) is 0. The number of rotatable bonds is 0. The van der Waals surface area contributed by atoms with E-state index in [1.807, 2.05) is 0 Å². The highest BCUT2D eigenvalue weighted by atomic mass is 35.5. The zero-order valence-corrected chi connectivity index (χ0v) is 6.49. The van der Waals surface area contributed by atoms with Gasteiger partial charge in [-0.15, -0.1) is 12.4 Å². The van der Waals surface area contributed by atoms with Gasteiger partial charge < -0.3 is 0 Å². The van der Waals surface area contributed by atoms with E-state index in [1.165, 1.54) is 0 Å². The van der Waals surface area contributed by atoms with E-state index in [2.05, 4.69) is 0 Å². The molecular weight excluding hydrogens is 222 g/mol. The predicted octanol–water partition coefficient (Wildman–Crippen LogP) is 2.94. The summed E-state index contributed by atoms with van der Waals surface area (Å²) in [5.41, 5.74) is 0. The molecule has 74 valence electrons. The molecule has 7 heteroatoms. The molecule has 0 spiro atoms. The van der Waals surface area contributed by atoms with Crippen LogP contribution in [0.25, 0.3) is 0 Å². The Hall–Kier alpha value is -0.910. The van der Waals surface area contributed by atoms with Gasteiger partial charge >= 0.3 is 0 Å². The third-order valence-corrected chi connectivity index (χ3v) is 1.16. The Morgan fingerprint density at radius 1 is 0.385 bits per heavy atom. The van der Waals surface area contributed by atoms with Crippen molar-refractivity contribution in [3.8, 4) is 0 Å². The lowest BCUT2D eigenvalue weighted by Gasteiger charge is -1.99. The van der Waals surface area contributed by atoms with Gasteiger partial charge in [0.15, 0.2) is 0 Å². The highest BCUT2D eigenvalue weighted by Gasteiger charge is 2.25. The van der Waals surface area contributed by atoms with Crippen LogP contribution in [0.5, 0.6) is 0 Å². The molecule has 0 heterocycles. The first-order valence-electron chi connectivity index (χ1n) is 2.63. The fourth-order valence-corrected chi connectivity index (χ4v) is 0.578. The molecule has 13 heavy (non-hydrogen) atoms. The lowest BCUT2D eigenvalue weighted by molar-refractivity contribution is 0.334. The normalized spacial score (nSPS) is 9.69. The van der Waals surface area contributed by atoms with Crippen LogP contribution >= 0.6 is 12.4 Å². The summed E-state index contributed by atoms with van der Waals surface area (Å²) in [6.07, 6.45) is 0. The van der Waals surface area contributed by atoms with E-state index in [0.717, 1.165) is 0 Å². The molecule has 0 saturated carbocycles. The summed E-state index contributed by atoms with van der Waals surface area (Å²) in [7, 11) is 0. The second-order valence-electron chi connectivity index (χ2n) is 1.88. The van der Waals surface area contributed by atoms with Crippen LogP contribution in [0.1, 0.15) is 0 Å². The van der Waals surface area contributed by atoms with E-state index in [0.29, 0.717) is 0 Å². The molecule has 0 aliphatic rings. The van der Waals surface area contributed by atoms with Crippen LogP contribution < -0.4 is 0 Å². The molecule has 0 unspecified atom stereocenters. The zero-order valence-electron chi connectivity index (χ0n) is 5.68. The van der Waals surface area contributed by atoms with Crippen molar-refractivity contribution in [1.29, 1.82) is 0 Å². The van der Waals surface area contributed by atoms with E-state index < -0.39 is 34.9 Å². The standard InChI is InChI=1S/C6F6.ClH/c7-1-2(8)4(10)6(12)5(11)3(1)9;/h;1H. The Kier molecular flexibility index (Phi) is 3.60. The molecule has 0 aliphatic heterocycles. The molecular formula is C6HClF6. The van der Waals surface area contributed by atoms with E-state index in [4.69, 9.17) is 0 Å². The molecule has 0 nitrogen and oxygen atoms in total. The first kappa shape index (κ1) is 12.1. The van der Waals surface area contributed by atoms with E-state index >= 15 is 0 Å². The van der Waals surface area contributed by atoms with E-state index in [1.54, 1.807) is 0 Å². The van der Waals surface area contributed by atoms with Crippen molar-refractivity contribution in [2.45, 2.75) is 0 Å². The van der Waals surface area contributed by atoms with Gasteiger partial charge in [0.05, 0.1) is 0 Å². The van der Waals surface area contributed by atoms with Crippen LogP contribution in [0, 0.1) is 34.9 Å². The third-order valence-electron chi connectivity index (χ3n) is 1.16. The highest BCUT2D eigenvalue weighted by Crippen LogP contribution is 2.20. The Morgan fingerprint density at radius 2 is 0.462 bits per heavy atom. The maximum atomic E-state index is 12.0. The van der Waals surface area contributed by atoms with Crippen molar-refractivity contribution in [1.82, 2.24) is 0 Å². The van der Waals surface area contributed by atoms with Gasteiger partial charge in [-0.25, -0.2) is 26.3 Å². The zero-order chi connectivity index (χ0) is 9.46. The Bertz CT molecular complexity index is 231. The van der Waals surface area contributed by atoms with Gasteiger partial charge in [-0.1, -0.05) is 0 Å². The lowest BCUT2D eigenvalue weighted by Crippen LogP contribution is -2.04. The van der Waals surface area contributed by atoms with Crippen LogP contribution in [0.4, 0.5) is 26.3 Å². The van der Waals surface area contributed by atoms with Gasteiger partial charge in [0.1, 0.15) is 0 Å². The second-order valence-corrected chi connectivity index (χ2v) is 1.88. The van der Waals surface area contributed by atoms with Crippen molar-refractivity contribution < 1.29 is 26.3 Å². The fourth-order valence-electron chi connectivity index (χ4n) is 0.578. The predicted molar refractivity (Wildman–Crippen MR) is 33.4 cm³/mol. The minimum Gasteiger partial charge on any atom is -0.200 e.